The smallest absolute Gasteiger partial charge is 0.241 e. The maximum atomic E-state index is 12.0. The van der Waals surface area contributed by atoms with E-state index in [4.69, 9.17) is 5.73 Å². The van der Waals surface area contributed by atoms with Crippen LogP contribution in [-0.4, -0.2) is 37.4 Å². The van der Waals surface area contributed by atoms with Crippen LogP contribution < -0.4 is 11.1 Å². The molecule has 1 heterocycles. The monoisotopic (exact) mass is 307 g/mol. The first kappa shape index (κ1) is 15.4. The van der Waals surface area contributed by atoms with E-state index in [1.165, 1.54) is 0 Å². The number of carbonyl (C=O) groups excluding carboxylic acids is 1. The highest BCUT2D eigenvalue weighted by Gasteiger charge is 2.16. The van der Waals surface area contributed by atoms with Crippen LogP contribution in [-0.2, 0) is 14.6 Å². The third-order valence-electron chi connectivity index (χ3n) is 3.08. The van der Waals surface area contributed by atoms with E-state index < -0.39 is 21.8 Å². The van der Waals surface area contributed by atoms with Crippen molar-refractivity contribution in [2.24, 2.45) is 5.73 Å². The molecule has 6 nitrogen and oxygen atoms in total. The van der Waals surface area contributed by atoms with Crippen molar-refractivity contribution in [2.45, 2.75) is 12.5 Å². The normalized spacial score (nSPS) is 13.0. The van der Waals surface area contributed by atoms with Crippen molar-refractivity contribution in [3.8, 4) is 0 Å². The van der Waals surface area contributed by atoms with Gasteiger partial charge in [0.25, 0.3) is 0 Å². The van der Waals surface area contributed by atoms with E-state index in [-0.39, 0.29) is 12.2 Å². The summed E-state index contributed by atoms with van der Waals surface area (Å²) in [6, 6.07) is 6.46. The van der Waals surface area contributed by atoms with Gasteiger partial charge in [0.05, 0.1) is 17.5 Å². The second kappa shape index (κ2) is 6.19. The molecule has 0 bridgehead atoms. The number of nitrogens with two attached hydrogens (primary N) is 1. The molecule has 0 aliphatic heterocycles. The largest absolute Gasteiger partial charge is 0.324 e. The molecular weight excluding hydrogens is 290 g/mol. The number of fused-ring (bicyclic) bond motifs is 1. The molecular formula is C14H17N3O3S. The van der Waals surface area contributed by atoms with Gasteiger partial charge in [-0.1, -0.05) is 12.1 Å². The number of anilines is 1. The molecule has 0 saturated carbocycles. The second-order valence-electron chi connectivity index (χ2n) is 4.92. The number of benzene rings is 1. The Kier molecular flexibility index (Phi) is 4.54. The second-order valence-corrected chi connectivity index (χ2v) is 7.18. The third kappa shape index (κ3) is 4.24. The Morgan fingerprint density at radius 2 is 2.14 bits per heavy atom. The Morgan fingerprint density at radius 1 is 1.38 bits per heavy atom. The Morgan fingerprint density at radius 3 is 2.86 bits per heavy atom. The van der Waals surface area contributed by atoms with E-state index in [0.717, 1.165) is 17.0 Å². The number of sulfone groups is 1. The highest BCUT2D eigenvalue weighted by molar-refractivity contribution is 7.90. The highest BCUT2D eigenvalue weighted by atomic mass is 32.2. The molecule has 0 aliphatic carbocycles. The molecule has 2 aromatic rings. The molecule has 0 aliphatic rings. The van der Waals surface area contributed by atoms with Gasteiger partial charge in [-0.3, -0.25) is 9.78 Å². The molecule has 0 saturated heterocycles. The molecule has 0 fully saturated rings. The zero-order valence-electron chi connectivity index (χ0n) is 11.6. The fraction of sp³-hybridized carbons (Fsp3) is 0.286. The molecule has 21 heavy (non-hydrogen) atoms. The molecule has 0 radical (unpaired) electrons. The summed E-state index contributed by atoms with van der Waals surface area (Å²) < 4.78 is 22.2. The fourth-order valence-electron chi connectivity index (χ4n) is 1.92. The molecule has 7 heteroatoms. The lowest BCUT2D eigenvalue weighted by Crippen LogP contribution is -2.37. The summed E-state index contributed by atoms with van der Waals surface area (Å²) in [6.07, 6.45) is 4.54. The maximum absolute atomic E-state index is 12.0. The molecule has 1 unspecified atom stereocenters. The molecule has 2 rings (SSSR count). The number of rotatable bonds is 5. The van der Waals surface area contributed by atoms with E-state index in [0.29, 0.717) is 5.69 Å². The van der Waals surface area contributed by atoms with Crippen LogP contribution in [0.15, 0.2) is 36.7 Å². The van der Waals surface area contributed by atoms with Crippen molar-refractivity contribution >= 4 is 32.2 Å². The summed E-state index contributed by atoms with van der Waals surface area (Å²) in [5.74, 6) is -0.520. The zero-order valence-corrected chi connectivity index (χ0v) is 12.4. The van der Waals surface area contributed by atoms with Crippen molar-refractivity contribution < 1.29 is 13.2 Å². The number of pyridine rings is 1. The Balaban J connectivity index is 2.11. The van der Waals surface area contributed by atoms with Crippen molar-refractivity contribution in [1.29, 1.82) is 0 Å². The summed E-state index contributed by atoms with van der Waals surface area (Å²) in [7, 11) is -3.13. The van der Waals surface area contributed by atoms with Gasteiger partial charge in [0, 0.05) is 24.0 Å². The minimum atomic E-state index is -3.13. The molecule has 0 spiro atoms. The van der Waals surface area contributed by atoms with Crippen LogP contribution in [0.1, 0.15) is 6.42 Å². The number of hydrogen-bond acceptors (Lipinski definition) is 5. The average molecular weight is 307 g/mol. The predicted molar refractivity (Wildman–Crippen MR) is 82.7 cm³/mol. The molecule has 112 valence electrons. The molecule has 1 aromatic heterocycles. The van der Waals surface area contributed by atoms with Gasteiger partial charge < -0.3 is 11.1 Å². The number of nitrogens with zero attached hydrogens (tertiary/aromatic N) is 1. The number of hydrogen-bond donors (Lipinski definition) is 2. The number of carbonyl (C=O) groups is 1. The van der Waals surface area contributed by atoms with E-state index in [9.17, 15) is 13.2 Å². The van der Waals surface area contributed by atoms with Crippen LogP contribution in [0, 0.1) is 0 Å². The van der Waals surface area contributed by atoms with Gasteiger partial charge in [0.2, 0.25) is 5.91 Å². The van der Waals surface area contributed by atoms with Gasteiger partial charge in [-0.15, -0.1) is 0 Å². The number of nitrogens with one attached hydrogen (secondary N) is 1. The molecule has 3 N–H and O–H groups in total. The quantitative estimate of drug-likeness (QED) is 0.855. The molecule has 1 atom stereocenters. The summed E-state index contributed by atoms with van der Waals surface area (Å²) >= 11 is 0. The topological polar surface area (TPSA) is 102 Å². The van der Waals surface area contributed by atoms with Gasteiger partial charge in [-0.2, -0.15) is 0 Å². The van der Waals surface area contributed by atoms with Gasteiger partial charge in [0.15, 0.2) is 0 Å². The summed E-state index contributed by atoms with van der Waals surface area (Å²) in [6.45, 7) is 0. The summed E-state index contributed by atoms with van der Waals surface area (Å²) in [4.78, 5) is 16.1. The molecule has 1 amide bonds. The van der Waals surface area contributed by atoms with Crippen LogP contribution in [0.25, 0.3) is 10.8 Å². The lowest BCUT2D eigenvalue weighted by molar-refractivity contribution is -0.117. The third-order valence-corrected chi connectivity index (χ3v) is 4.06. The lowest BCUT2D eigenvalue weighted by Gasteiger charge is -2.13. The first-order valence-electron chi connectivity index (χ1n) is 6.44. The van der Waals surface area contributed by atoms with Crippen LogP contribution >= 0.6 is 0 Å². The standard InChI is InChI=1S/C14H17N3O3S/c1-21(19,20)8-6-12(15)14(18)17-13-4-2-3-10-5-7-16-9-11(10)13/h2-5,7,9,12H,6,8,15H2,1H3,(H,17,18). The van der Waals surface area contributed by atoms with Crippen molar-refractivity contribution in [3.63, 3.8) is 0 Å². The average Bonchev–Trinajstić information content (AvgIpc) is 2.44. The SMILES string of the molecule is CS(=O)(=O)CCC(N)C(=O)Nc1cccc2ccncc12. The number of aromatic nitrogens is 1. The highest BCUT2D eigenvalue weighted by Crippen LogP contribution is 2.22. The fourth-order valence-corrected chi connectivity index (χ4v) is 2.60. The van der Waals surface area contributed by atoms with Gasteiger partial charge >= 0.3 is 0 Å². The zero-order chi connectivity index (χ0) is 15.5. The van der Waals surface area contributed by atoms with Gasteiger partial charge in [-0.05, 0) is 23.9 Å². The maximum Gasteiger partial charge on any atom is 0.241 e. The summed E-state index contributed by atoms with van der Waals surface area (Å²) in [5, 5.41) is 4.48. The van der Waals surface area contributed by atoms with Gasteiger partial charge in [-0.25, -0.2) is 8.42 Å². The van der Waals surface area contributed by atoms with E-state index >= 15 is 0 Å². The Hall–Kier alpha value is -1.99. The number of amides is 1. The van der Waals surface area contributed by atoms with E-state index in [1.54, 1.807) is 18.5 Å². The first-order valence-corrected chi connectivity index (χ1v) is 8.50. The van der Waals surface area contributed by atoms with Gasteiger partial charge in [0.1, 0.15) is 9.84 Å². The van der Waals surface area contributed by atoms with E-state index in [2.05, 4.69) is 10.3 Å². The van der Waals surface area contributed by atoms with Crippen LogP contribution in [0.3, 0.4) is 0 Å². The van der Waals surface area contributed by atoms with Crippen LogP contribution in [0.5, 0.6) is 0 Å². The lowest BCUT2D eigenvalue weighted by atomic mass is 10.1. The predicted octanol–water partition coefficient (Wildman–Crippen LogP) is 0.935. The van der Waals surface area contributed by atoms with Crippen molar-refractivity contribution in [3.05, 3.63) is 36.7 Å². The van der Waals surface area contributed by atoms with Crippen molar-refractivity contribution in [2.75, 3.05) is 17.3 Å². The minimum absolute atomic E-state index is 0.0910. The van der Waals surface area contributed by atoms with Crippen molar-refractivity contribution in [1.82, 2.24) is 4.98 Å². The summed E-state index contributed by atoms with van der Waals surface area (Å²) in [5.41, 5.74) is 6.34. The first-order chi connectivity index (χ1) is 9.87. The Bertz CT molecular complexity index is 754. The Labute approximate surface area is 123 Å². The van der Waals surface area contributed by atoms with Crippen LogP contribution in [0.2, 0.25) is 0 Å². The van der Waals surface area contributed by atoms with Crippen LogP contribution in [0.4, 0.5) is 5.69 Å². The molecule has 1 aromatic carbocycles. The van der Waals surface area contributed by atoms with E-state index in [1.807, 2.05) is 18.2 Å². The minimum Gasteiger partial charge on any atom is -0.324 e.